The summed E-state index contributed by atoms with van der Waals surface area (Å²) in [6.07, 6.45) is -0.319. The zero-order chi connectivity index (χ0) is 23.0. The molecule has 0 bridgehead atoms. The Morgan fingerprint density at radius 3 is 1.94 bits per heavy atom. The maximum atomic E-state index is 6.35. The minimum Gasteiger partial charge on any atom is -0.374 e. The largest absolute Gasteiger partial charge is 0.374 e. The van der Waals surface area contributed by atoms with Gasteiger partial charge in [0.15, 0.2) is 0 Å². The molecule has 8 heteroatoms. The predicted octanol–water partition coefficient (Wildman–Crippen LogP) is 6.77. The number of imidazole rings is 1. The molecule has 0 aliphatic rings. The van der Waals surface area contributed by atoms with Gasteiger partial charge in [-0.1, -0.05) is 83.9 Å². The van der Waals surface area contributed by atoms with E-state index >= 15 is 0 Å². The van der Waals surface area contributed by atoms with Gasteiger partial charge in [-0.15, -0.1) is 0 Å². The highest BCUT2D eigenvalue weighted by Gasteiger charge is 2.16. The normalized spacial score (nSPS) is 11.5. The molecular weight excluding hydrogens is 483 g/mol. The van der Waals surface area contributed by atoms with E-state index in [1.54, 1.807) is 16.7 Å². The van der Waals surface area contributed by atoms with Gasteiger partial charge < -0.3 is 14.2 Å². The van der Waals surface area contributed by atoms with Crippen molar-refractivity contribution in [2.45, 2.75) is 26.0 Å². The molecule has 0 fully saturated rings. The fourth-order valence-corrected chi connectivity index (χ4v) is 4.08. The average Bonchev–Trinajstić information content (AvgIpc) is 3.14. The van der Waals surface area contributed by atoms with Crippen LogP contribution in [-0.2, 0) is 34.2 Å². The summed E-state index contributed by atoms with van der Waals surface area (Å²) in [4.78, 5) is 4.33. The van der Waals surface area contributed by atoms with Gasteiger partial charge in [0.05, 0.1) is 37.0 Å². The van der Waals surface area contributed by atoms with E-state index in [-0.39, 0.29) is 18.1 Å². The van der Waals surface area contributed by atoms with Crippen LogP contribution in [0.25, 0.3) is 11.0 Å². The summed E-state index contributed by atoms with van der Waals surface area (Å²) in [5.41, 5.74) is 3.46. The number of fused-ring (bicyclic) bond motifs is 1. The number of hydrogen-bond donors (Lipinski definition) is 0. The molecule has 4 aromatic rings. The lowest BCUT2D eigenvalue weighted by atomic mass is 10.2. The molecule has 0 spiro atoms. The maximum absolute atomic E-state index is 6.35. The van der Waals surface area contributed by atoms with Crippen molar-refractivity contribution in [3.05, 3.63) is 99.3 Å². The smallest absolute Gasteiger partial charge is 0.205 e. The highest BCUT2D eigenvalue weighted by Crippen LogP contribution is 2.30. The van der Waals surface area contributed by atoms with Gasteiger partial charge in [-0.05, 0) is 34.9 Å². The van der Waals surface area contributed by atoms with Crippen LogP contribution in [0.3, 0.4) is 0 Å². The number of hydrogen-bond acceptors (Lipinski definition) is 4. The van der Waals surface area contributed by atoms with E-state index in [9.17, 15) is 0 Å². The van der Waals surface area contributed by atoms with Crippen molar-refractivity contribution in [1.29, 1.82) is 0 Å². The first-order chi connectivity index (χ1) is 16.1. The molecule has 0 N–H and O–H groups in total. The molecule has 5 nitrogen and oxygen atoms in total. The second kappa shape index (κ2) is 11.8. The van der Waals surface area contributed by atoms with Gasteiger partial charge in [-0.25, -0.2) is 4.98 Å². The Bertz CT molecular complexity index is 1120. The predicted molar refractivity (Wildman–Crippen MR) is 132 cm³/mol. The fourth-order valence-electron chi connectivity index (χ4n) is 3.33. The summed E-state index contributed by atoms with van der Waals surface area (Å²) in [6.45, 7) is 1.84. The summed E-state index contributed by atoms with van der Waals surface area (Å²) >= 11 is 18.8. The van der Waals surface area contributed by atoms with E-state index < -0.39 is 0 Å². The summed E-state index contributed by atoms with van der Waals surface area (Å²) in [7, 11) is 0. The summed E-state index contributed by atoms with van der Waals surface area (Å²) in [6, 6.07) is 23.4. The number of aromatic nitrogens is 2. The Kier molecular flexibility index (Phi) is 8.62. The van der Waals surface area contributed by atoms with Crippen LogP contribution in [0.5, 0.6) is 0 Å². The van der Waals surface area contributed by atoms with Crippen LogP contribution in [0.1, 0.15) is 11.1 Å². The molecule has 1 heterocycles. The number of nitrogens with zero attached hydrogens (tertiary/aromatic N) is 2. The Morgan fingerprint density at radius 2 is 1.36 bits per heavy atom. The van der Waals surface area contributed by atoms with E-state index in [4.69, 9.17) is 49.0 Å². The van der Waals surface area contributed by atoms with Gasteiger partial charge in [0.1, 0.15) is 18.4 Å². The molecule has 0 saturated carbocycles. The molecule has 33 heavy (non-hydrogen) atoms. The van der Waals surface area contributed by atoms with E-state index in [0.717, 1.165) is 11.1 Å². The first kappa shape index (κ1) is 24.0. The number of rotatable bonds is 11. The summed E-state index contributed by atoms with van der Waals surface area (Å²) in [5.74, 6) is 0. The molecule has 0 unspecified atom stereocenters. The van der Waals surface area contributed by atoms with Crippen LogP contribution in [0, 0.1) is 0 Å². The third-order valence-corrected chi connectivity index (χ3v) is 5.79. The van der Waals surface area contributed by atoms with Gasteiger partial charge in [0.2, 0.25) is 5.28 Å². The zero-order valence-electron chi connectivity index (χ0n) is 17.8. The topological polar surface area (TPSA) is 45.5 Å². The number of ether oxygens (including phenoxy) is 3. The van der Waals surface area contributed by atoms with Crippen LogP contribution >= 0.6 is 34.8 Å². The minimum atomic E-state index is -0.319. The molecule has 0 saturated heterocycles. The van der Waals surface area contributed by atoms with Gasteiger partial charge in [-0.3, -0.25) is 4.57 Å². The second-order valence-electron chi connectivity index (χ2n) is 7.48. The molecule has 0 aliphatic carbocycles. The average molecular weight is 506 g/mol. The first-order valence-corrected chi connectivity index (χ1v) is 11.6. The highest BCUT2D eigenvalue weighted by atomic mass is 35.5. The molecular formula is C25H23Cl3N2O3. The summed E-state index contributed by atoms with van der Waals surface area (Å²) in [5, 5.41) is 1.20. The van der Waals surface area contributed by atoms with E-state index in [0.29, 0.717) is 47.5 Å². The van der Waals surface area contributed by atoms with E-state index in [1.165, 1.54) is 0 Å². The molecule has 1 aromatic heterocycles. The molecule has 0 aliphatic heterocycles. The van der Waals surface area contributed by atoms with Crippen LogP contribution in [0.15, 0.2) is 72.8 Å². The lowest BCUT2D eigenvalue weighted by Crippen LogP contribution is -2.27. The zero-order valence-corrected chi connectivity index (χ0v) is 20.1. The monoisotopic (exact) mass is 504 g/mol. The van der Waals surface area contributed by atoms with Crippen molar-refractivity contribution in [3.8, 4) is 0 Å². The van der Waals surface area contributed by atoms with Crippen molar-refractivity contribution in [2.75, 3.05) is 13.2 Å². The Labute approximate surface area is 207 Å². The van der Waals surface area contributed by atoms with Gasteiger partial charge in [-0.2, -0.15) is 0 Å². The van der Waals surface area contributed by atoms with Crippen molar-refractivity contribution in [1.82, 2.24) is 9.55 Å². The van der Waals surface area contributed by atoms with Gasteiger partial charge >= 0.3 is 0 Å². The van der Waals surface area contributed by atoms with Crippen molar-refractivity contribution < 1.29 is 14.2 Å². The van der Waals surface area contributed by atoms with Gasteiger partial charge in [0, 0.05) is 5.02 Å². The highest BCUT2D eigenvalue weighted by molar-refractivity contribution is 6.38. The van der Waals surface area contributed by atoms with E-state index in [2.05, 4.69) is 4.98 Å². The molecule has 172 valence electrons. The lowest BCUT2D eigenvalue weighted by Gasteiger charge is -2.19. The number of halogens is 3. The van der Waals surface area contributed by atoms with E-state index in [1.807, 2.05) is 60.7 Å². The fraction of sp³-hybridized carbons (Fsp3) is 0.240. The Hall–Kier alpha value is -2.12. The molecule has 0 atom stereocenters. The third-order valence-electron chi connectivity index (χ3n) is 5.00. The van der Waals surface area contributed by atoms with Crippen molar-refractivity contribution in [2.24, 2.45) is 0 Å². The van der Waals surface area contributed by atoms with Crippen LogP contribution in [-0.4, -0.2) is 28.9 Å². The molecule has 0 radical (unpaired) electrons. The lowest BCUT2D eigenvalue weighted by molar-refractivity contribution is -0.0865. The second-order valence-corrected chi connectivity index (χ2v) is 8.67. The standard InChI is InChI=1S/C25H23Cl3N2O3/c26-20-11-22(27)24-23(12-20)30(25(28)29-24)17-33-21(15-31-13-18-7-3-1-4-8-18)16-32-14-19-9-5-2-6-10-19/h1-12,21H,13-17H2. The van der Waals surface area contributed by atoms with Crippen molar-refractivity contribution in [3.63, 3.8) is 0 Å². The SMILES string of the molecule is Clc1cc(Cl)c2nc(Cl)n(COC(COCc3ccccc3)COCc3ccccc3)c2c1. The summed E-state index contributed by atoms with van der Waals surface area (Å²) < 4.78 is 19.7. The van der Waals surface area contributed by atoms with Crippen molar-refractivity contribution >= 4 is 45.8 Å². The first-order valence-electron chi connectivity index (χ1n) is 10.5. The molecule has 3 aromatic carbocycles. The van der Waals surface area contributed by atoms with Crippen LogP contribution in [0.4, 0.5) is 0 Å². The van der Waals surface area contributed by atoms with Crippen LogP contribution < -0.4 is 0 Å². The number of benzene rings is 3. The quantitative estimate of drug-likeness (QED) is 0.226. The van der Waals surface area contributed by atoms with Gasteiger partial charge in [0.25, 0.3) is 0 Å². The maximum Gasteiger partial charge on any atom is 0.205 e. The third kappa shape index (κ3) is 6.70. The molecule has 0 amide bonds. The molecule has 4 rings (SSSR count). The Morgan fingerprint density at radius 1 is 0.788 bits per heavy atom. The van der Waals surface area contributed by atoms with Crippen LogP contribution in [0.2, 0.25) is 15.3 Å². The minimum absolute atomic E-state index is 0.153. The Balaban J connectivity index is 1.41.